The molecule has 4 nitrogen and oxygen atoms in total. The number of fused-ring (bicyclic) bond motifs is 1. The van der Waals surface area contributed by atoms with Crippen LogP contribution in [0.15, 0.2) is 45.9 Å². The molecule has 0 atom stereocenters. The Bertz CT molecular complexity index is 811. The zero-order valence-electron chi connectivity index (χ0n) is 11.7. The number of para-hydroxylation sites is 1. The van der Waals surface area contributed by atoms with E-state index in [2.05, 4.69) is 20.9 Å². The number of hydrogen-bond acceptors (Lipinski definition) is 3. The van der Waals surface area contributed by atoms with Crippen LogP contribution in [0.3, 0.4) is 0 Å². The minimum atomic E-state index is -3.74. The van der Waals surface area contributed by atoms with E-state index in [1.807, 2.05) is 24.3 Å². The van der Waals surface area contributed by atoms with Crippen LogP contribution in [0.2, 0.25) is 5.15 Å². The molecule has 0 saturated heterocycles. The third-order valence-electron chi connectivity index (χ3n) is 3.66. The molecule has 1 aliphatic rings. The zero-order valence-corrected chi connectivity index (χ0v) is 14.8. The number of anilines is 1. The minimum absolute atomic E-state index is 0.00933. The average Bonchev–Trinajstić information content (AvgIpc) is 2.72. The molecule has 2 heterocycles. The SMILES string of the molecule is O=S(=O)(c1cc(Br)cnc1Cl)N1CCCCc2ccccc21. The number of benzene rings is 1. The molecule has 0 fully saturated rings. The first-order valence-electron chi connectivity index (χ1n) is 6.92. The fraction of sp³-hybridized carbons (Fsp3) is 0.267. The van der Waals surface area contributed by atoms with Gasteiger partial charge in [0.15, 0.2) is 0 Å². The molecule has 0 N–H and O–H groups in total. The maximum absolute atomic E-state index is 13.1. The Balaban J connectivity index is 2.15. The molecule has 0 radical (unpaired) electrons. The number of hydrogen-bond donors (Lipinski definition) is 0. The lowest BCUT2D eigenvalue weighted by molar-refractivity contribution is 0.589. The summed E-state index contributed by atoms with van der Waals surface area (Å²) in [5.41, 5.74) is 1.78. The summed E-state index contributed by atoms with van der Waals surface area (Å²) in [4.78, 5) is 3.96. The predicted molar refractivity (Wildman–Crippen MR) is 90.9 cm³/mol. The number of halogens is 2. The number of nitrogens with zero attached hydrogens (tertiary/aromatic N) is 2. The van der Waals surface area contributed by atoms with Gasteiger partial charge in [-0.3, -0.25) is 4.31 Å². The van der Waals surface area contributed by atoms with Crippen LogP contribution in [0.1, 0.15) is 18.4 Å². The molecule has 22 heavy (non-hydrogen) atoms. The average molecular weight is 402 g/mol. The Kier molecular flexibility index (Phi) is 4.43. The van der Waals surface area contributed by atoms with Crippen molar-refractivity contribution in [3.05, 3.63) is 51.7 Å². The van der Waals surface area contributed by atoms with Crippen LogP contribution in [0.25, 0.3) is 0 Å². The fourth-order valence-electron chi connectivity index (χ4n) is 2.61. The Morgan fingerprint density at radius 3 is 2.82 bits per heavy atom. The van der Waals surface area contributed by atoms with Gasteiger partial charge in [-0.25, -0.2) is 13.4 Å². The second-order valence-electron chi connectivity index (χ2n) is 5.11. The summed E-state index contributed by atoms with van der Waals surface area (Å²) in [5.74, 6) is 0. The van der Waals surface area contributed by atoms with Crippen molar-refractivity contribution in [2.24, 2.45) is 0 Å². The maximum Gasteiger partial charge on any atom is 0.267 e. The standard InChI is InChI=1S/C15H14BrClN2O2S/c16-12-9-14(15(17)18-10-12)22(20,21)19-8-4-3-6-11-5-1-2-7-13(11)19/h1-2,5,7,9-10H,3-4,6,8H2. The van der Waals surface area contributed by atoms with Crippen LogP contribution in [-0.2, 0) is 16.4 Å². The van der Waals surface area contributed by atoms with Gasteiger partial charge in [0.2, 0.25) is 0 Å². The van der Waals surface area contributed by atoms with E-state index in [0.29, 0.717) is 11.0 Å². The Hall–Kier alpha value is -1.11. The third kappa shape index (κ3) is 2.87. The number of aromatic nitrogens is 1. The van der Waals surface area contributed by atoms with Gasteiger partial charge in [0.1, 0.15) is 10.0 Å². The first kappa shape index (κ1) is 15.8. The molecule has 2 aromatic rings. The molecule has 0 saturated carbocycles. The molecule has 0 unspecified atom stereocenters. The predicted octanol–water partition coefficient (Wildman–Crippen LogP) is 4.03. The molecule has 0 bridgehead atoms. The third-order valence-corrected chi connectivity index (χ3v) is 6.33. The van der Waals surface area contributed by atoms with Gasteiger partial charge in [-0.1, -0.05) is 29.8 Å². The van der Waals surface area contributed by atoms with Gasteiger partial charge in [0, 0.05) is 17.2 Å². The Labute approximate surface area is 143 Å². The van der Waals surface area contributed by atoms with Gasteiger partial charge in [0.25, 0.3) is 10.0 Å². The van der Waals surface area contributed by atoms with Gasteiger partial charge in [-0.2, -0.15) is 0 Å². The van der Waals surface area contributed by atoms with Crippen molar-refractivity contribution in [1.82, 2.24) is 4.98 Å². The molecule has 0 aliphatic carbocycles. The second kappa shape index (κ2) is 6.18. The molecule has 1 aromatic heterocycles. The van der Waals surface area contributed by atoms with E-state index in [9.17, 15) is 8.42 Å². The number of sulfonamides is 1. The van der Waals surface area contributed by atoms with E-state index in [1.54, 1.807) is 0 Å². The van der Waals surface area contributed by atoms with Crippen molar-refractivity contribution in [3.63, 3.8) is 0 Å². The fourth-order valence-corrected chi connectivity index (χ4v) is 5.07. The highest BCUT2D eigenvalue weighted by atomic mass is 79.9. The van der Waals surface area contributed by atoms with E-state index in [4.69, 9.17) is 11.6 Å². The van der Waals surface area contributed by atoms with E-state index in [0.717, 1.165) is 30.5 Å². The van der Waals surface area contributed by atoms with Crippen LogP contribution in [0, 0.1) is 0 Å². The lowest BCUT2D eigenvalue weighted by atomic mass is 10.1. The Morgan fingerprint density at radius 2 is 2.00 bits per heavy atom. The first-order valence-corrected chi connectivity index (χ1v) is 9.53. The normalized spacial score (nSPS) is 15.3. The zero-order chi connectivity index (χ0) is 15.7. The topological polar surface area (TPSA) is 50.3 Å². The van der Waals surface area contributed by atoms with Crippen molar-refractivity contribution < 1.29 is 8.42 Å². The lowest BCUT2D eigenvalue weighted by Gasteiger charge is -2.24. The summed E-state index contributed by atoms with van der Waals surface area (Å²) in [6, 6.07) is 9.11. The first-order chi connectivity index (χ1) is 10.5. The highest BCUT2D eigenvalue weighted by Crippen LogP contribution is 2.33. The summed E-state index contributed by atoms with van der Waals surface area (Å²) >= 11 is 9.29. The number of aryl methyl sites for hydroxylation is 1. The Morgan fingerprint density at radius 1 is 1.23 bits per heavy atom. The second-order valence-corrected chi connectivity index (χ2v) is 8.21. The van der Waals surface area contributed by atoms with E-state index in [1.165, 1.54) is 16.6 Å². The molecule has 116 valence electrons. The molecule has 3 rings (SSSR count). The highest BCUT2D eigenvalue weighted by Gasteiger charge is 2.30. The van der Waals surface area contributed by atoms with Crippen molar-refractivity contribution in [1.29, 1.82) is 0 Å². The summed E-state index contributed by atoms with van der Waals surface area (Å²) < 4.78 is 28.1. The van der Waals surface area contributed by atoms with Crippen molar-refractivity contribution >= 4 is 43.2 Å². The van der Waals surface area contributed by atoms with E-state index < -0.39 is 10.0 Å². The van der Waals surface area contributed by atoms with Gasteiger partial charge in [-0.05, 0) is 52.9 Å². The van der Waals surface area contributed by atoms with Gasteiger partial charge in [-0.15, -0.1) is 0 Å². The largest absolute Gasteiger partial charge is 0.267 e. The molecule has 0 amide bonds. The molecule has 1 aromatic carbocycles. The van der Waals surface area contributed by atoms with E-state index >= 15 is 0 Å². The molecular weight excluding hydrogens is 388 g/mol. The van der Waals surface area contributed by atoms with Gasteiger partial charge in [0.05, 0.1) is 5.69 Å². The molecular formula is C15H14BrClN2O2S. The summed E-state index contributed by atoms with van der Waals surface area (Å²) in [7, 11) is -3.74. The van der Waals surface area contributed by atoms with Crippen LogP contribution in [-0.4, -0.2) is 19.9 Å². The van der Waals surface area contributed by atoms with Crippen molar-refractivity contribution in [2.45, 2.75) is 24.2 Å². The molecule has 0 spiro atoms. The van der Waals surface area contributed by atoms with Crippen molar-refractivity contribution in [2.75, 3.05) is 10.8 Å². The van der Waals surface area contributed by atoms with Gasteiger partial charge < -0.3 is 0 Å². The quantitative estimate of drug-likeness (QED) is 0.714. The minimum Gasteiger partial charge on any atom is -0.266 e. The summed E-state index contributed by atoms with van der Waals surface area (Å²) in [6.07, 6.45) is 4.14. The smallest absolute Gasteiger partial charge is 0.266 e. The van der Waals surface area contributed by atoms with Gasteiger partial charge >= 0.3 is 0 Å². The van der Waals surface area contributed by atoms with Crippen molar-refractivity contribution in [3.8, 4) is 0 Å². The summed E-state index contributed by atoms with van der Waals surface area (Å²) in [6.45, 7) is 0.447. The van der Waals surface area contributed by atoms with Crippen LogP contribution < -0.4 is 4.31 Å². The van der Waals surface area contributed by atoms with Crippen LogP contribution in [0.5, 0.6) is 0 Å². The van der Waals surface area contributed by atoms with Crippen LogP contribution >= 0.6 is 27.5 Å². The number of rotatable bonds is 2. The lowest BCUT2D eigenvalue weighted by Crippen LogP contribution is -2.32. The summed E-state index contributed by atoms with van der Waals surface area (Å²) in [5, 5.41) is -0.00933. The molecule has 1 aliphatic heterocycles. The number of pyridine rings is 1. The maximum atomic E-state index is 13.1. The highest BCUT2D eigenvalue weighted by molar-refractivity contribution is 9.10. The van der Waals surface area contributed by atoms with Crippen LogP contribution in [0.4, 0.5) is 5.69 Å². The monoisotopic (exact) mass is 400 g/mol. The van der Waals surface area contributed by atoms with E-state index in [-0.39, 0.29) is 10.0 Å². The molecule has 7 heteroatoms.